The maximum Gasteiger partial charge on any atom is 0.317 e. The molecular formula is C14H24N2O4. The molecule has 20 heavy (non-hydrogen) atoms. The molecule has 6 nitrogen and oxygen atoms in total. The van der Waals surface area contributed by atoms with E-state index in [2.05, 4.69) is 5.32 Å². The summed E-state index contributed by atoms with van der Waals surface area (Å²) in [7, 11) is 1.72. The van der Waals surface area contributed by atoms with Crippen LogP contribution in [0.5, 0.6) is 0 Å². The van der Waals surface area contributed by atoms with Crippen molar-refractivity contribution in [1.82, 2.24) is 10.2 Å². The minimum atomic E-state index is -0.584. The Morgan fingerprint density at radius 2 is 2.10 bits per heavy atom. The van der Waals surface area contributed by atoms with Crippen LogP contribution >= 0.6 is 0 Å². The van der Waals surface area contributed by atoms with E-state index in [1.54, 1.807) is 11.9 Å². The first-order valence-electron chi connectivity index (χ1n) is 7.56. The third-order valence-corrected chi connectivity index (χ3v) is 4.63. The second kappa shape index (κ2) is 5.87. The Balaban J connectivity index is 1.49. The maximum atomic E-state index is 12.2. The number of amides is 2. The predicted octanol–water partition coefficient (Wildman–Crippen LogP) is 0.345. The predicted molar refractivity (Wildman–Crippen MR) is 72.4 cm³/mol. The summed E-state index contributed by atoms with van der Waals surface area (Å²) in [6.45, 7) is 1.44. The highest BCUT2D eigenvalue weighted by Crippen LogP contribution is 2.38. The number of aliphatic hydroxyl groups excluding tert-OH is 1. The number of urea groups is 1. The van der Waals surface area contributed by atoms with Crippen LogP contribution in [0.25, 0.3) is 0 Å². The van der Waals surface area contributed by atoms with E-state index in [1.165, 1.54) is 12.8 Å². The van der Waals surface area contributed by atoms with Crippen LogP contribution in [0, 0.1) is 5.92 Å². The average molecular weight is 284 g/mol. The largest absolute Gasteiger partial charge is 0.388 e. The average Bonchev–Trinajstić information content (AvgIpc) is 3.21. The number of hydrogen-bond acceptors (Lipinski definition) is 4. The molecule has 1 aliphatic carbocycles. The van der Waals surface area contributed by atoms with Gasteiger partial charge >= 0.3 is 6.03 Å². The van der Waals surface area contributed by atoms with Crippen molar-refractivity contribution >= 4 is 6.03 Å². The van der Waals surface area contributed by atoms with Crippen LogP contribution in [0.15, 0.2) is 0 Å². The molecule has 2 amide bonds. The number of hydrogen-bond donors (Lipinski definition) is 2. The Labute approximate surface area is 119 Å². The van der Waals surface area contributed by atoms with E-state index >= 15 is 0 Å². The number of nitrogens with one attached hydrogen (secondary N) is 1. The number of carbonyl (C=O) groups excluding carboxylic acids is 1. The molecule has 1 saturated carbocycles. The molecule has 0 aromatic heterocycles. The van der Waals surface area contributed by atoms with Crippen LogP contribution in [0.4, 0.5) is 4.79 Å². The Morgan fingerprint density at radius 1 is 1.30 bits per heavy atom. The quantitative estimate of drug-likeness (QED) is 0.784. The first-order chi connectivity index (χ1) is 9.65. The van der Waals surface area contributed by atoms with Crippen LogP contribution in [-0.2, 0) is 9.47 Å². The van der Waals surface area contributed by atoms with E-state index in [9.17, 15) is 9.90 Å². The van der Waals surface area contributed by atoms with Crippen LogP contribution in [0.2, 0.25) is 0 Å². The fourth-order valence-electron chi connectivity index (χ4n) is 3.08. The van der Waals surface area contributed by atoms with Gasteiger partial charge in [-0.1, -0.05) is 0 Å². The molecule has 2 saturated heterocycles. The monoisotopic (exact) mass is 284 g/mol. The summed E-state index contributed by atoms with van der Waals surface area (Å²) in [5.41, 5.74) is 0. The number of aliphatic hydroxyl groups is 1. The Kier molecular flexibility index (Phi) is 4.14. The molecule has 3 aliphatic rings. The summed E-state index contributed by atoms with van der Waals surface area (Å²) in [5.74, 6) is 0.706. The molecule has 0 radical (unpaired) electrons. The molecule has 0 spiro atoms. The van der Waals surface area contributed by atoms with Gasteiger partial charge in [0.2, 0.25) is 0 Å². The van der Waals surface area contributed by atoms with Crippen molar-refractivity contribution in [3.63, 3.8) is 0 Å². The minimum absolute atomic E-state index is 0.124. The summed E-state index contributed by atoms with van der Waals surface area (Å²) in [6, 6.07) is -0.182. The molecule has 0 bridgehead atoms. The zero-order chi connectivity index (χ0) is 14.1. The van der Waals surface area contributed by atoms with Crippen molar-refractivity contribution in [1.29, 1.82) is 0 Å². The van der Waals surface area contributed by atoms with E-state index in [0.717, 1.165) is 19.4 Å². The Hall–Kier alpha value is -0.850. The molecule has 4 atom stereocenters. The lowest BCUT2D eigenvalue weighted by atomic mass is 10.0. The zero-order valence-electron chi connectivity index (χ0n) is 12.0. The van der Waals surface area contributed by atoms with E-state index in [0.29, 0.717) is 25.2 Å². The second-order valence-corrected chi connectivity index (χ2v) is 6.20. The van der Waals surface area contributed by atoms with Gasteiger partial charge in [0.1, 0.15) is 0 Å². The van der Waals surface area contributed by atoms with Crippen LogP contribution in [0.1, 0.15) is 25.7 Å². The number of likely N-dealkylation sites (N-methyl/N-ethyl adjacent to an activating group) is 1. The molecule has 114 valence electrons. The van der Waals surface area contributed by atoms with E-state index in [4.69, 9.17) is 9.47 Å². The van der Waals surface area contributed by atoms with Crippen LogP contribution in [0.3, 0.4) is 0 Å². The Bertz CT molecular complexity index is 361. The highest BCUT2D eigenvalue weighted by molar-refractivity contribution is 5.74. The molecule has 2 N–H and O–H groups in total. The topological polar surface area (TPSA) is 71.0 Å². The molecule has 6 heteroatoms. The van der Waals surface area contributed by atoms with Gasteiger partial charge in [0.25, 0.3) is 0 Å². The number of carbonyl (C=O) groups is 1. The first-order valence-corrected chi connectivity index (χ1v) is 7.56. The second-order valence-electron chi connectivity index (χ2n) is 6.20. The van der Waals surface area contributed by atoms with Gasteiger partial charge < -0.3 is 24.8 Å². The SMILES string of the molecule is CN(C(=O)NC1CCOC(C2CC2)C1)[C@@H]1COC[C@H]1O. The molecule has 3 fully saturated rings. The van der Waals surface area contributed by atoms with E-state index in [1.807, 2.05) is 0 Å². The molecule has 2 heterocycles. The molecule has 2 aliphatic heterocycles. The zero-order valence-corrected chi connectivity index (χ0v) is 12.0. The van der Waals surface area contributed by atoms with Gasteiger partial charge in [0.05, 0.1) is 31.5 Å². The van der Waals surface area contributed by atoms with Gasteiger partial charge in [-0.25, -0.2) is 4.79 Å². The third-order valence-electron chi connectivity index (χ3n) is 4.63. The summed E-state index contributed by atoms with van der Waals surface area (Å²) >= 11 is 0. The highest BCUT2D eigenvalue weighted by atomic mass is 16.5. The van der Waals surface area contributed by atoms with Gasteiger partial charge in [-0.2, -0.15) is 0 Å². The molecule has 2 unspecified atom stereocenters. The van der Waals surface area contributed by atoms with Gasteiger partial charge in [0, 0.05) is 19.7 Å². The van der Waals surface area contributed by atoms with Gasteiger partial charge in [-0.3, -0.25) is 0 Å². The lowest BCUT2D eigenvalue weighted by Crippen LogP contribution is -2.52. The van der Waals surface area contributed by atoms with Crippen molar-refractivity contribution in [3.05, 3.63) is 0 Å². The summed E-state index contributed by atoms with van der Waals surface area (Å²) in [4.78, 5) is 13.8. The first kappa shape index (κ1) is 14.1. The van der Waals surface area contributed by atoms with Crippen molar-refractivity contribution in [2.75, 3.05) is 26.9 Å². The normalized spacial score (nSPS) is 37.7. The minimum Gasteiger partial charge on any atom is -0.388 e. The smallest absolute Gasteiger partial charge is 0.317 e. The standard InChI is InChI=1S/C14H24N2O4/c1-16(11-7-19-8-12(11)17)14(18)15-10-4-5-20-13(6-10)9-2-3-9/h9-13,17H,2-8H2,1H3,(H,15,18)/t10?,11-,12-,13?/m1/s1. The Morgan fingerprint density at radius 3 is 2.75 bits per heavy atom. The number of rotatable bonds is 3. The van der Waals surface area contributed by atoms with Crippen molar-refractivity contribution in [2.45, 2.75) is 50.0 Å². The van der Waals surface area contributed by atoms with Gasteiger partial charge in [0.15, 0.2) is 0 Å². The fraction of sp³-hybridized carbons (Fsp3) is 0.929. The van der Waals surface area contributed by atoms with Crippen molar-refractivity contribution in [2.24, 2.45) is 5.92 Å². The summed E-state index contributed by atoms with van der Waals surface area (Å²) in [6.07, 6.45) is 4.04. The number of nitrogens with zero attached hydrogens (tertiary/aromatic N) is 1. The summed E-state index contributed by atoms with van der Waals surface area (Å²) < 4.78 is 11.0. The molecule has 3 rings (SSSR count). The maximum absolute atomic E-state index is 12.2. The van der Waals surface area contributed by atoms with Gasteiger partial charge in [-0.05, 0) is 31.6 Å². The van der Waals surface area contributed by atoms with E-state index in [-0.39, 0.29) is 18.1 Å². The lowest BCUT2D eigenvalue weighted by molar-refractivity contribution is -0.0102. The van der Waals surface area contributed by atoms with E-state index < -0.39 is 6.10 Å². The number of ether oxygens (including phenoxy) is 2. The van der Waals surface area contributed by atoms with Crippen molar-refractivity contribution in [3.8, 4) is 0 Å². The van der Waals surface area contributed by atoms with Gasteiger partial charge in [-0.15, -0.1) is 0 Å². The summed E-state index contributed by atoms with van der Waals surface area (Å²) in [5, 5.41) is 12.8. The molecule has 0 aromatic rings. The van der Waals surface area contributed by atoms with Crippen LogP contribution < -0.4 is 5.32 Å². The molecular weight excluding hydrogens is 260 g/mol. The third kappa shape index (κ3) is 3.07. The molecule has 0 aromatic carbocycles. The van der Waals surface area contributed by atoms with Crippen molar-refractivity contribution < 1.29 is 19.4 Å². The lowest BCUT2D eigenvalue weighted by Gasteiger charge is -2.33. The fourth-order valence-corrected chi connectivity index (χ4v) is 3.08. The highest BCUT2D eigenvalue weighted by Gasteiger charge is 2.37. The van der Waals surface area contributed by atoms with Crippen LogP contribution in [-0.4, -0.2) is 67.2 Å².